The fraction of sp³-hybridized carbons (Fsp3) is 0.409. The number of halogens is 2. The van der Waals surface area contributed by atoms with Gasteiger partial charge in [0.05, 0.1) is 0 Å². The molecule has 1 aromatic carbocycles. The quantitative estimate of drug-likeness (QED) is 0.638. The van der Waals surface area contributed by atoms with E-state index in [-0.39, 0.29) is 36.0 Å². The zero-order valence-corrected chi connectivity index (χ0v) is 17.8. The van der Waals surface area contributed by atoms with Crippen molar-refractivity contribution in [2.24, 2.45) is 5.73 Å². The molecule has 3 rings (SSSR count). The highest BCUT2D eigenvalue weighted by atomic mass is 19.3. The fourth-order valence-electron chi connectivity index (χ4n) is 3.29. The van der Waals surface area contributed by atoms with Crippen molar-refractivity contribution in [3.8, 4) is 5.88 Å². The minimum atomic E-state index is -3.02. The Morgan fingerprint density at radius 3 is 2.45 bits per heavy atom. The summed E-state index contributed by atoms with van der Waals surface area (Å²) in [7, 11) is 0. The van der Waals surface area contributed by atoms with Crippen LogP contribution in [0.15, 0.2) is 36.4 Å². The van der Waals surface area contributed by atoms with E-state index in [1.807, 2.05) is 24.3 Å². The van der Waals surface area contributed by atoms with E-state index in [4.69, 9.17) is 4.79 Å². The topological polar surface area (TPSA) is 97.6 Å². The highest BCUT2D eigenvalue weighted by Crippen LogP contribution is 2.35. The van der Waals surface area contributed by atoms with Crippen LogP contribution in [0.5, 0.6) is 5.88 Å². The third-order valence-electron chi connectivity index (χ3n) is 4.92. The minimum absolute atomic E-state index is 0.0813. The van der Waals surface area contributed by atoms with Crippen molar-refractivity contribution < 1.29 is 23.1 Å². The first-order chi connectivity index (χ1) is 14.8. The second kappa shape index (κ2) is 11.2. The Kier molecular flexibility index (Phi) is 8.72. The number of alkyl halides is 2. The van der Waals surface area contributed by atoms with Gasteiger partial charge in [0.2, 0.25) is 12.3 Å². The number of carbonyl (C=O) groups is 2. The van der Waals surface area contributed by atoms with Gasteiger partial charge in [0, 0.05) is 17.4 Å². The molecule has 1 heterocycles. The SMILES string of the molecule is Cc1ccc(NC(=O)N(c2ccccc2C(C)C)C2CCC2)c(OC(F)F)n1.NC=O. The molecule has 1 aliphatic carbocycles. The number of primary amides is 1. The number of nitrogens with zero attached hydrogens (tertiary/aromatic N) is 2. The van der Waals surface area contributed by atoms with Gasteiger partial charge in [-0.15, -0.1) is 0 Å². The molecule has 0 unspecified atom stereocenters. The smallest absolute Gasteiger partial charge is 0.388 e. The number of aryl methyl sites for hydroxylation is 1. The third kappa shape index (κ3) is 6.37. The molecule has 3 amide bonds. The van der Waals surface area contributed by atoms with Crippen LogP contribution < -0.4 is 20.7 Å². The number of nitrogens with one attached hydrogen (secondary N) is 1. The minimum Gasteiger partial charge on any atom is -0.415 e. The average molecular weight is 434 g/mol. The molecule has 168 valence electrons. The van der Waals surface area contributed by atoms with Crippen molar-refractivity contribution in [1.82, 2.24) is 4.98 Å². The maximum atomic E-state index is 13.2. The number of benzene rings is 1. The van der Waals surface area contributed by atoms with Gasteiger partial charge >= 0.3 is 12.6 Å². The number of hydrogen-bond donors (Lipinski definition) is 2. The fourth-order valence-corrected chi connectivity index (χ4v) is 3.29. The first-order valence-electron chi connectivity index (χ1n) is 10.0. The number of pyridine rings is 1. The molecule has 9 heteroatoms. The summed E-state index contributed by atoms with van der Waals surface area (Å²) >= 11 is 0. The summed E-state index contributed by atoms with van der Waals surface area (Å²) in [6.45, 7) is 2.81. The van der Waals surface area contributed by atoms with Gasteiger partial charge in [-0.3, -0.25) is 9.69 Å². The zero-order valence-electron chi connectivity index (χ0n) is 17.8. The van der Waals surface area contributed by atoms with Crippen LogP contribution in [0.2, 0.25) is 0 Å². The Balaban J connectivity index is 0.00000107. The van der Waals surface area contributed by atoms with Crippen LogP contribution >= 0.6 is 0 Å². The monoisotopic (exact) mass is 434 g/mol. The van der Waals surface area contributed by atoms with Crippen molar-refractivity contribution >= 4 is 23.8 Å². The predicted octanol–water partition coefficient (Wildman–Crippen LogP) is 4.81. The first kappa shape index (κ1) is 24.0. The van der Waals surface area contributed by atoms with Crippen LogP contribution in [-0.2, 0) is 4.79 Å². The number of hydrogen-bond acceptors (Lipinski definition) is 4. The van der Waals surface area contributed by atoms with Gasteiger partial charge in [-0.1, -0.05) is 32.0 Å². The van der Waals surface area contributed by atoms with Crippen LogP contribution in [-0.4, -0.2) is 30.1 Å². The number of aromatic nitrogens is 1. The maximum absolute atomic E-state index is 13.2. The van der Waals surface area contributed by atoms with E-state index in [2.05, 4.69) is 34.6 Å². The van der Waals surface area contributed by atoms with Gasteiger partial charge in [0.1, 0.15) is 5.69 Å². The van der Waals surface area contributed by atoms with Crippen LogP contribution in [0, 0.1) is 6.92 Å². The standard InChI is InChI=1S/C21H25F2N3O2.CH3NO/c1-13(2)16-9-4-5-10-18(16)26(15-7-6-8-15)21(27)25-17-12-11-14(3)24-19(17)28-20(22)23;2-1-3/h4-5,9-13,15,20H,6-8H2,1-3H3,(H,25,27);1H,(H2,2,3). The zero-order chi connectivity index (χ0) is 23.0. The van der Waals surface area contributed by atoms with Crippen LogP contribution in [0.4, 0.5) is 25.0 Å². The number of carbonyl (C=O) groups excluding carboxylic acids is 2. The van der Waals surface area contributed by atoms with Gasteiger partial charge in [-0.2, -0.15) is 8.78 Å². The number of nitrogens with two attached hydrogens (primary N) is 1. The van der Waals surface area contributed by atoms with Crippen molar-refractivity contribution in [2.45, 2.75) is 58.6 Å². The summed E-state index contributed by atoms with van der Waals surface area (Å²) in [6, 6.07) is 10.7. The lowest BCUT2D eigenvalue weighted by atomic mass is 9.90. The molecule has 31 heavy (non-hydrogen) atoms. The summed E-state index contributed by atoms with van der Waals surface area (Å²) in [6.07, 6.45) is 3.13. The molecule has 0 bridgehead atoms. The van der Waals surface area contributed by atoms with E-state index in [1.54, 1.807) is 17.9 Å². The van der Waals surface area contributed by atoms with Crippen molar-refractivity contribution in [2.75, 3.05) is 10.2 Å². The van der Waals surface area contributed by atoms with Crippen molar-refractivity contribution in [1.29, 1.82) is 0 Å². The van der Waals surface area contributed by atoms with E-state index in [0.29, 0.717) is 5.69 Å². The molecular formula is C22H28F2N4O3. The number of amides is 3. The molecule has 1 saturated carbocycles. The van der Waals surface area contributed by atoms with E-state index in [1.165, 1.54) is 6.07 Å². The van der Waals surface area contributed by atoms with E-state index in [9.17, 15) is 13.6 Å². The largest absolute Gasteiger partial charge is 0.415 e. The number of anilines is 2. The molecule has 7 nitrogen and oxygen atoms in total. The first-order valence-corrected chi connectivity index (χ1v) is 10.0. The summed E-state index contributed by atoms with van der Waals surface area (Å²) in [5.41, 5.74) is 6.73. The predicted molar refractivity (Wildman–Crippen MR) is 116 cm³/mol. The molecular weight excluding hydrogens is 406 g/mol. The second-order valence-corrected chi connectivity index (χ2v) is 7.42. The van der Waals surface area contributed by atoms with Gasteiger partial charge in [0.25, 0.3) is 0 Å². The highest BCUT2D eigenvalue weighted by Gasteiger charge is 2.32. The summed E-state index contributed by atoms with van der Waals surface area (Å²) in [5, 5.41) is 2.72. The Labute approximate surface area is 180 Å². The molecule has 1 aliphatic rings. The molecule has 0 spiro atoms. The Morgan fingerprint density at radius 1 is 1.26 bits per heavy atom. The van der Waals surface area contributed by atoms with Gasteiger partial charge in [-0.05, 0) is 55.9 Å². The number of urea groups is 1. The Bertz CT molecular complexity index is 889. The van der Waals surface area contributed by atoms with Gasteiger partial charge < -0.3 is 15.8 Å². The van der Waals surface area contributed by atoms with Crippen LogP contribution in [0.25, 0.3) is 0 Å². The van der Waals surface area contributed by atoms with Gasteiger partial charge in [0.15, 0.2) is 0 Å². The molecule has 1 fully saturated rings. The van der Waals surface area contributed by atoms with E-state index >= 15 is 0 Å². The molecule has 0 aliphatic heterocycles. The number of para-hydroxylation sites is 1. The molecule has 3 N–H and O–H groups in total. The summed E-state index contributed by atoms with van der Waals surface area (Å²) in [4.78, 5) is 27.5. The summed E-state index contributed by atoms with van der Waals surface area (Å²) in [5.74, 6) is -0.0422. The molecule has 2 aromatic rings. The lowest BCUT2D eigenvalue weighted by Gasteiger charge is -2.39. The van der Waals surface area contributed by atoms with E-state index < -0.39 is 6.61 Å². The van der Waals surface area contributed by atoms with Crippen molar-refractivity contribution in [3.63, 3.8) is 0 Å². The van der Waals surface area contributed by atoms with Crippen LogP contribution in [0.1, 0.15) is 50.3 Å². The maximum Gasteiger partial charge on any atom is 0.388 e. The van der Waals surface area contributed by atoms with Crippen molar-refractivity contribution in [3.05, 3.63) is 47.7 Å². The highest BCUT2D eigenvalue weighted by molar-refractivity contribution is 6.03. The average Bonchev–Trinajstić information content (AvgIpc) is 2.66. The second-order valence-electron chi connectivity index (χ2n) is 7.42. The van der Waals surface area contributed by atoms with Crippen LogP contribution in [0.3, 0.4) is 0 Å². The number of ether oxygens (including phenoxy) is 1. The van der Waals surface area contributed by atoms with E-state index in [0.717, 1.165) is 30.5 Å². The molecule has 0 atom stereocenters. The lowest BCUT2D eigenvalue weighted by Crippen LogP contribution is -2.47. The normalized spacial score (nSPS) is 13.1. The lowest BCUT2D eigenvalue weighted by molar-refractivity contribution is -0.106. The Hall–Kier alpha value is -3.23. The third-order valence-corrected chi connectivity index (χ3v) is 4.92. The molecule has 0 saturated heterocycles. The summed E-state index contributed by atoms with van der Waals surface area (Å²) < 4.78 is 30.0. The molecule has 1 aromatic heterocycles. The van der Waals surface area contributed by atoms with Gasteiger partial charge in [-0.25, -0.2) is 9.78 Å². The number of rotatable bonds is 6. The molecule has 0 radical (unpaired) electrons. The Morgan fingerprint density at radius 2 is 1.90 bits per heavy atom.